The first-order chi connectivity index (χ1) is 10.4. The van der Waals surface area contributed by atoms with Crippen LogP contribution in [0, 0.1) is 5.82 Å². The molecule has 22 heavy (non-hydrogen) atoms. The molecule has 2 aromatic rings. The summed E-state index contributed by atoms with van der Waals surface area (Å²) in [4.78, 5) is 19.4. The predicted octanol–water partition coefficient (Wildman–Crippen LogP) is 2.60. The summed E-state index contributed by atoms with van der Waals surface area (Å²) in [7, 11) is 0. The number of aromatic nitrogens is 2. The number of aromatic carboxylic acids is 1. The summed E-state index contributed by atoms with van der Waals surface area (Å²) in [6, 6.07) is 3.41. The van der Waals surface area contributed by atoms with Crippen molar-refractivity contribution in [3.05, 3.63) is 47.0 Å². The average Bonchev–Trinajstić information content (AvgIpc) is 2.49. The molecule has 0 bridgehead atoms. The van der Waals surface area contributed by atoms with Crippen LogP contribution in [0.4, 0.5) is 10.2 Å². The molecule has 0 spiro atoms. The highest BCUT2D eigenvalue weighted by Gasteiger charge is 2.19. The van der Waals surface area contributed by atoms with Crippen molar-refractivity contribution >= 4 is 11.8 Å². The lowest BCUT2D eigenvalue weighted by Crippen LogP contribution is -2.13. The van der Waals surface area contributed by atoms with Gasteiger partial charge in [0.2, 0.25) is 0 Å². The van der Waals surface area contributed by atoms with Gasteiger partial charge in [-0.15, -0.1) is 0 Å². The van der Waals surface area contributed by atoms with E-state index in [0.717, 1.165) is 12.1 Å². The lowest BCUT2D eigenvalue weighted by Gasteiger charge is -2.17. The Balaban J connectivity index is 2.35. The van der Waals surface area contributed by atoms with E-state index < -0.39 is 17.9 Å². The van der Waals surface area contributed by atoms with E-state index in [1.54, 1.807) is 6.92 Å². The van der Waals surface area contributed by atoms with Crippen LogP contribution in [0.15, 0.2) is 24.4 Å². The summed E-state index contributed by atoms with van der Waals surface area (Å²) in [6.07, 6.45) is 1.45. The fourth-order valence-electron chi connectivity index (χ4n) is 1.97. The summed E-state index contributed by atoms with van der Waals surface area (Å²) in [6.45, 7) is 3.50. The number of ether oxygens (including phenoxy) is 1. The van der Waals surface area contributed by atoms with Crippen LogP contribution in [-0.2, 0) is 6.42 Å². The Bertz CT molecular complexity index is 706. The Kier molecular flexibility index (Phi) is 4.55. The maximum atomic E-state index is 13.4. The minimum absolute atomic E-state index is 0.0351. The zero-order valence-corrected chi connectivity index (χ0v) is 12.2. The smallest absolute Gasteiger partial charge is 0.336 e. The van der Waals surface area contributed by atoms with Crippen LogP contribution in [-0.4, -0.2) is 21.0 Å². The maximum absolute atomic E-state index is 13.4. The number of nitrogens with zero attached hydrogens (tertiary/aromatic N) is 2. The second-order valence-corrected chi connectivity index (χ2v) is 4.70. The van der Waals surface area contributed by atoms with E-state index in [2.05, 4.69) is 9.97 Å². The van der Waals surface area contributed by atoms with Gasteiger partial charge in [0.1, 0.15) is 11.9 Å². The topological polar surface area (TPSA) is 98.3 Å². The Labute approximate surface area is 126 Å². The van der Waals surface area contributed by atoms with Crippen LogP contribution in [0.3, 0.4) is 0 Å². The van der Waals surface area contributed by atoms with Gasteiger partial charge in [0.25, 0.3) is 5.88 Å². The van der Waals surface area contributed by atoms with Gasteiger partial charge in [0, 0.05) is 5.56 Å². The van der Waals surface area contributed by atoms with Gasteiger partial charge >= 0.3 is 5.97 Å². The lowest BCUT2D eigenvalue weighted by atomic mass is 10.0. The molecular formula is C15H16FN3O3. The SMILES string of the molecule is CCc1cnc(N)c(O[C@H](C)c2cc(F)ccc2C(=O)O)n1. The number of hydrogen-bond donors (Lipinski definition) is 2. The van der Waals surface area contributed by atoms with Crippen LogP contribution >= 0.6 is 0 Å². The maximum Gasteiger partial charge on any atom is 0.336 e. The van der Waals surface area contributed by atoms with Gasteiger partial charge in [0.15, 0.2) is 5.82 Å². The number of anilines is 1. The van der Waals surface area contributed by atoms with E-state index in [-0.39, 0.29) is 22.8 Å². The highest BCUT2D eigenvalue weighted by atomic mass is 19.1. The molecule has 0 amide bonds. The van der Waals surface area contributed by atoms with E-state index >= 15 is 0 Å². The molecule has 1 aromatic heterocycles. The minimum Gasteiger partial charge on any atom is -0.478 e. The van der Waals surface area contributed by atoms with Crippen molar-refractivity contribution in [2.24, 2.45) is 0 Å². The molecule has 116 valence electrons. The third-order valence-electron chi connectivity index (χ3n) is 3.15. The van der Waals surface area contributed by atoms with E-state index in [9.17, 15) is 14.3 Å². The summed E-state index contributed by atoms with van der Waals surface area (Å²) in [5.41, 5.74) is 6.57. The highest BCUT2D eigenvalue weighted by Crippen LogP contribution is 2.27. The van der Waals surface area contributed by atoms with Crippen molar-refractivity contribution in [2.45, 2.75) is 26.4 Å². The average molecular weight is 305 g/mol. The first-order valence-electron chi connectivity index (χ1n) is 6.73. The van der Waals surface area contributed by atoms with Gasteiger partial charge in [-0.05, 0) is 31.5 Å². The van der Waals surface area contributed by atoms with Gasteiger partial charge in [-0.2, -0.15) is 0 Å². The number of carbonyl (C=O) groups is 1. The molecule has 0 unspecified atom stereocenters. The zero-order valence-electron chi connectivity index (χ0n) is 12.2. The minimum atomic E-state index is -1.16. The fraction of sp³-hybridized carbons (Fsp3) is 0.267. The molecule has 1 atom stereocenters. The number of halogens is 1. The number of carboxylic acid groups (broad SMARTS) is 1. The Morgan fingerprint density at radius 2 is 2.23 bits per heavy atom. The zero-order chi connectivity index (χ0) is 16.3. The molecule has 0 aliphatic carbocycles. The molecule has 0 saturated carbocycles. The van der Waals surface area contributed by atoms with Crippen molar-refractivity contribution < 1.29 is 19.0 Å². The Hall–Kier alpha value is -2.70. The van der Waals surface area contributed by atoms with Crippen LogP contribution in [0.25, 0.3) is 0 Å². The lowest BCUT2D eigenvalue weighted by molar-refractivity contribution is 0.0691. The molecule has 0 fully saturated rings. The molecule has 2 rings (SSSR count). The molecular weight excluding hydrogens is 289 g/mol. The summed E-state index contributed by atoms with van der Waals surface area (Å²) in [5, 5.41) is 9.18. The van der Waals surface area contributed by atoms with Crippen LogP contribution in [0.5, 0.6) is 5.88 Å². The van der Waals surface area contributed by atoms with E-state index in [4.69, 9.17) is 10.5 Å². The van der Waals surface area contributed by atoms with Gasteiger partial charge in [-0.1, -0.05) is 6.92 Å². The number of hydrogen-bond acceptors (Lipinski definition) is 5. The second kappa shape index (κ2) is 6.38. The second-order valence-electron chi connectivity index (χ2n) is 4.70. The molecule has 0 aliphatic heterocycles. The van der Waals surface area contributed by atoms with Gasteiger partial charge in [-0.25, -0.2) is 19.2 Å². The third kappa shape index (κ3) is 3.30. The van der Waals surface area contributed by atoms with E-state index in [1.807, 2.05) is 6.92 Å². The van der Waals surface area contributed by atoms with E-state index in [0.29, 0.717) is 12.1 Å². The van der Waals surface area contributed by atoms with E-state index in [1.165, 1.54) is 12.3 Å². The molecule has 1 aromatic carbocycles. The fourth-order valence-corrected chi connectivity index (χ4v) is 1.97. The first-order valence-corrected chi connectivity index (χ1v) is 6.73. The summed E-state index contributed by atoms with van der Waals surface area (Å²) >= 11 is 0. The predicted molar refractivity (Wildman–Crippen MR) is 78.2 cm³/mol. The van der Waals surface area contributed by atoms with Crippen molar-refractivity contribution in [3.63, 3.8) is 0 Å². The molecule has 3 N–H and O–H groups in total. The number of rotatable bonds is 5. The van der Waals surface area contributed by atoms with Crippen LogP contribution in [0.2, 0.25) is 0 Å². The van der Waals surface area contributed by atoms with Crippen molar-refractivity contribution in [2.75, 3.05) is 5.73 Å². The molecule has 0 saturated heterocycles. The normalized spacial score (nSPS) is 12.0. The molecule has 6 nitrogen and oxygen atoms in total. The Morgan fingerprint density at radius 1 is 1.50 bits per heavy atom. The molecule has 7 heteroatoms. The van der Waals surface area contributed by atoms with Crippen LogP contribution < -0.4 is 10.5 Å². The van der Waals surface area contributed by atoms with Crippen molar-refractivity contribution in [3.8, 4) is 5.88 Å². The summed E-state index contributed by atoms with van der Waals surface area (Å²) < 4.78 is 19.0. The van der Waals surface area contributed by atoms with Crippen molar-refractivity contribution in [1.82, 2.24) is 9.97 Å². The summed E-state index contributed by atoms with van der Waals surface area (Å²) in [5.74, 6) is -1.51. The molecule has 0 aliphatic rings. The van der Waals surface area contributed by atoms with Gasteiger partial charge in [0.05, 0.1) is 17.5 Å². The standard InChI is InChI=1S/C15H16FN3O3/c1-3-10-7-18-13(17)14(19-10)22-8(2)12-6-9(16)4-5-11(12)15(20)21/h4-8H,3H2,1-2H3,(H2,17,18)(H,20,21)/t8-/m1/s1. The monoisotopic (exact) mass is 305 g/mol. The quantitative estimate of drug-likeness (QED) is 0.881. The number of carboxylic acids is 1. The third-order valence-corrected chi connectivity index (χ3v) is 3.15. The first kappa shape index (κ1) is 15.7. The number of aryl methyl sites for hydroxylation is 1. The van der Waals surface area contributed by atoms with Gasteiger partial charge < -0.3 is 15.6 Å². The van der Waals surface area contributed by atoms with Crippen molar-refractivity contribution in [1.29, 1.82) is 0 Å². The number of nitrogen functional groups attached to an aromatic ring is 1. The highest BCUT2D eigenvalue weighted by molar-refractivity contribution is 5.89. The number of benzene rings is 1. The van der Waals surface area contributed by atoms with Gasteiger partial charge in [-0.3, -0.25) is 0 Å². The molecule has 1 heterocycles. The Morgan fingerprint density at radius 3 is 2.86 bits per heavy atom. The molecule has 0 radical (unpaired) electrons. The van der Waals surface area contributed by atoms with Crippen LogP contribution in [0.1, 0.15) is 41.6 Å². The number of nitrogens with two attached hydrogens (primary N) is 1. The largest absolute Gasteiger partial charge is 0.478 e.